The number of rotatable bonds is 3. The van der Waals surface area contributed by atoms with Crippen LogP contribution in [0.4, 0.5) is 11.4 Å². The van der Waals surface area contributed by atoms with Crippen LogP contribution in [-0.4, -0.2) is 42.3 Å². The van der Waals surface area contributed by atoms with Gasteiger partial charge in [0.15, 0.2) is 5.52 Å². The second-order valence-electron chi connectivity index (χ2n) is 4.56. The van der Waals surface area contributed by atoms with Crippen LogP contribution in [-0.2, 0) is 4.74 Å². The van der Waals surface area contributed by atoms with Gasteiger partial charge in [-0.2, -0.15) is 0 Å². The smallest absolute Gasteiger partial charge is 0.319 e. The lowest BCUT2D eigenvalue weighted by Crippen LogP contribution is -2.45. The summed E-state index contributed by atoms with van der Waals surface area (Å²) in [5.74, 6) is 0. The van der Waals surface area contributed by atoms with Gasteiger partial charge >= 0.3 is 5.69 Å². The van der Waals surface area contributed by atoms with Crippen molar-refractivity contribution in [2.75, 3.05) is 31.1 Å². The summed E-state index contributed by atoms with van der Waals surface area (Å²) in [6.45, 7) is 2.11. The zero-order chi connectivity index (χ0) is 14.1. The monoisotopic (exact) mass is 294 g/mol. The Morgan fingerprint density at radius 2 is 2.45 bits per heavy atom. The molecule has 1 saturated heterocycles. The number of ether oxygens (including phenoxy) is 1. The first kappa shape index (κ1) is 13.2. The second-order valence-corrected chi connectivity index (χ2v) is 5.45. The molecule has 3 rings (SSSR count). The number of thiazole rings is 1. The number of fused-ring (bicyclic) bond motifs is 1. The van der Waals surface area contributed by atoms with E-state index in [2.05, 4.69) is 4.98 Å². The highest BCUT2D eigenvalue weighted by atomic mass is 32.1. The fourth-order valence-corrected chi connectivity index (χ4v) is 3.10. The number of hydrogen-bond donors (Lipinski definition) is 1. The highest BCUT2D eigenvalue weighted by Crippen LogP contribution is 2.37. The number of nitro groups is 1. The van der Waals surface area contributed by atoms with Crippen LogP contribution >= 0.6 is 11.3 Å². The van der Waals surface area contributed by atoms with E-state index in [-0.39, 0.29) is 16.7 Å². The molecule has 2 N–H and O–H groups in total. The fourth-order valence-electron chi connectivity index (χ4n) is 2.42. The van der Waals surface area contributed by atoms with Crippen LogP contribution in [0, 0.1) is 10.1 Å². The molecule has 1 atom stereocenters. The van der Waals surface area contributed by atoms with Gasteiger partial charge in [0.25, 0.3) is 0 Å². The van der Waals surface area contributed by atoms with E-state index >= 15 is 0 Å². The molecule has 2 heterocycles. The van der Waals surface area contributed by atoms with Crippen LogP contribution in [0.2, 0.25) is 0 Å². The van der Waals surface area contributed by atoms with Gasteiger partial charge in [0, 0.05) is 19.6 Å². The Hall–Kier alpha value is -1.77. The molecule has 0 aliphatic carbocycles. The SMILES string of the molecule is NCC1CN(c2ccc3scnc3c2[N+](=O)[O-])CCO1. The lowest BCUT2D eigenvalue weighted by molar-refractivity contribution is -0.382. The van der Waals surface area contributed by atoms with Crippen LogP contribution in [0.5, 0.6) is 0 Å². The molecule has 106 valence electrons. The van der Waals surface area contributed by atoms with Gasteiger partial charge in [-0.25, -0.2) is 4.98 Å². The molecule has 1 fully saturated rings. The molecule has 1 aliphatic rings. The number of benzene rings is 1. The van der Waals surface area contributed by atoms with Crippen LogP contribution in [0.25, 0.3) is 10.2 Å². The number of nitro benzene ring substituents is 1. The maximum Gasteiger partial charge on any atom is 0.319 e. The summed E-state index contributed by atoms with van der Waals surface area (Å²) < 4.78 is 6.32. The van der Waals surface area contributed by atoms with Crippen molar-refractivity contribution in [3.8, 4) is 0 Å². The molecule has 1 aliphatic heterocycles. The van der Waals surface area contributed by atoms with E-state index in [0.717, 1.165) is 4.70 Å². The molecule has 0 amide bonds. The first-order chi connectivity index (χ1) is 9.70. The molecule has 2 aromatic rings. The van der Waals surface area contributed by atoms with Crippen LogP contribution in [0.3, 0.4) is 0 Å². The number of anilines is 1. The molecular formula is C12H14N4O3S. The van der Waals surface area contributed by atoms with E-state index < -0.39 is 0 Å². The van der Waals surface area contributed by atoms with Gasteiger partial charge in [-0.3, -0.25) is 10.1 Å². The third-order valence-electron chi connectivity index (χ3n) is 3.38. The van der Waals surface area contributed by atoms with E-state index in [1.54, 1.807) is 11.6 Å². The van der Waals surface area contributed by atoms with Gasteiger partial charge in [-0.15, -0.1) is 11.3 Å². The second kappa shape index (κ2) is 5.31. The van der Waals surface area contributed by atoms with E-state index in [1.165, 1.54) is 11.3 Å². The Kier molecular flexibility index (Phi) is 3.51. The molecule has 0 saturated carbocycles. The minimum absolute atomic E-state index is 0.0708. The highest BCUT2D eigenvalue weighted by Gasteiger charge is 2.28. The zero-order valence-electron chi connectivity index (χ0n) is 10.7. The predicted molar refractivity (Wildman–Crippen MR) is 77.3 cm³/mol. The van der Waals surface area contributed by atoms with E-state index in [4.69, 9.17) is 10.5 Å². The minimum atomic E-state index is -0.357. The maximum absolute atomic E-state index is 11.4. The lowest BCUT2D eigenvalue weighted by Gasteiger charge is -2.33. The molecule has 7 nitrogen and oxygen atoms in total. The van der Waals surface area contributed by atoms with Crippen LogP contribution in [0.15, 0.2) is 17.6 Å². The first-order valence-corrected chi connectivity index (χ1v) is 7.16. The van der Waals surface area contributed by atoms with Crippen molar-refractivity contribution in [1.82, 2.24) is 4.98 Å². The molecule has 1 unspecified atom stereocenters. The predicted octanol–water partition coefficient (Wildman–Crippen LogP) is 1.37. The molecule has 1 aromatic carbocycles. The molecule has 1 aromatic heterocycles. The lowest BCUT2D eigenvalue weighted by atomic mass is 10.2. The van der Waals surface area contributed by atoms with Gasteiger partial charge in [-0.05, 0) is 12.1 Å². The third-order valence-corrected chi connectivity index (χ3v) is 4.17. The van der Waals surface area contributed by atoms with E-state index in [0.29, 0.717) is 37.4 Å². The number of morpholine rings is 1. The Labute approximate surface area is 119 Å². The average molecular weight is 294 g/mol. The summed E-state index contributed by atoms with van der Waals surface area (Å²) in [6, 6.07) is 3.67. The van der Waals surface area contributed by atoms with Crippen molar-refractivity contribution in [1.29, 1.82) is 0 Å². The zero-order valence-corrected chi connectivity index (χ0v) is 11.5. The van der Waals surface area contributed by atoms with Gasteiger partial charge in [0.05, 0.1) is 27.8 Å². The van der Waals surface area contributed by atoms with Gasteiger partial charge in [0.1, 0.15) is 5.69 Å². The number of nitrogens with two attached hydrogens (primary N) is 1. The fraction of sp³-hybridized carbons (Fsp3) is 0.417. The van der Waals surface area contributed by atoms with Gasteiger partial charge in [0.2, 0.25) is 0 Å². The van der Waals surface area contributed by atoms with E-state index in [9.17, 15) is 10.1 Å². The number of hydrogen-bond acceptors (Lipinski definition) is 7. The molecule has 20 heavy (non-hydrogen) atoms. The van der Waals surface area contributed by atoms with Crippen molar-refractivity contribution in [3.63, 3.8) is 0 Å². The Morgan fingerprint density at radius 3 is 3.20 bits per heavy atom. The number of nitrogens with zero attached hydrogens (tertiary/aromatic N) is 3. The summed E-state index contributed by atoms with van der Waals surface area (Å²) in [5, 5.41) is 11.4. The summed E-state index contributed by atoms with van der Waals surface area (Å²) in [5.41, 5.74) is 8.36. The quantitative estimate of drug-likeness (QED) is 0.678. The van der Waals surface area contributed by atoms with Crippen LogP contribution in [0.1, 0.15) is 0 Å². The van der Waals surface area contributed by atoms with E-state index in [1.807, 2.05) is 11.0 Å². The summed E-state index contributed by atoms with van der Waals surface area (Å²) >= 11 is 1.40. The standard InChI is InChI=1S/C12H14N4O3S/c13-5-8-6-15(3-4-19-8)9-1-2-10-11(14-7-20-10)12(9)16(17)18/h1-2,7-8H,3-6,13H2. The van der Waals surface area contributed by atoms with Crippen molar-refractivity contribution in [2.24, 2.45) is 5.73 Å². The number of aromatic nitrogens is 1. The highest BCUT2D eigenvalue weighted by molar-refractivity contribution is 7.16. The molecule has 8 heteroatoms. The topological polar surface area (TPSA) is 94.5 Å². The Balaban J connectivity index is 2.06. The Bertz CT molecular complexity index is 645. The summed E-state index contributed by atoms with van der Waals surface area (Å²) in [7, 11) is 0. The van der Waals surface area contributed by atoms with Crippen molar-refractivity contribution in [3.05, 3.63) is 27.8 Å². The van der Waals surface area contributed by atoms with Crippen molar-refractivity contribution in [2.45, 2.75) is 6.10 Å². The molecule has 0 spiro atoms. The maximum atomic E-state index is 11.4. The van der Waals surface area contributed by atoms with Crippen LogP contribution < -0.4 is 10.6 Å². The minimum Gasteiger partial charge on any atom is -0.373 e. The normalized spacial score (nSPS) is 19.4. The van der Waals surface area contributed by atoms with Gasteiger partial charge < -0.3 is 15.4 Å². The molecular weight excluding hydrogens is 280 g/mol. The summed E-state index contributed by atoms with van der Waals surface area (Å²) in [6.07, 6.45) is -0.0884. The van der Waals surface area contributed by atoms with Gasteiger partial charge in [-0.1, -0.05) is 0 Å². The first-order valence-electron chi connectivity index (χ1n) is 6.28. The Morgan fingerprint density at radius 1 is 1.60 bits per heavy atom. The average Bonchev–Trinajstić information content (AvgIpc) is 2.94. The third kappa shape index (κ3) is 2.21. The van der Waals surface area contributed by atoms with Crippen molar-refractivity contribution < 1.29 is 9.66 Å². The van der Waals surface area contributed by atoms with Crippen molar-refractivity contribution >= 4 is 32.9 Å². The molecule has 0 radical (unpaired) electrons. The largest absolute Gasteiger partial charge is 0.373 e. The molecule has 0 bridgehead atoms. The summed E-state index contributed by atoms with van der Waals surface area (Å²) in [4.78, 5) is 17.1.